The van der Waals surface area contributed by atoms with Crippen LogP contribution in [-0.4, -0.2) is 18.8 Å². The van der Waals surface area contributed by atoms with E-state index in [1.807, 2.05) is 12.1 Å². The monoisotopic (exact) mass is 205 g/mol. The first-order valence-electron chi connectivity index (χ1n) is 5.41. The van der Waals surface area contributed by atoms with Crippen molar-refractivity contribution in [3.63, 3.8) is 0 Å². The van der Waals surface area contributed by atoms with E-state index in [9.17, 15) is 0 Å². The van der Waals surface area contributed by atoms with Gasteiger partial charge in [0, 0.05) is 5.69 Å². The van der Waals surface area contributed by atoms with E-state index in [2.05, 4.69) is 25.1 Å². The highest BCUT2D eigenvalue weighted by atomic mass is 16.5. The molecule has 0 radical (unpaired) electrons. The minimum atomic E-state index is -0.0417. The van der Waals surface area contributed by atoms with Gasteiger partial charge in [0.2, 0.25) is 0 Å². The molecule has 1 aromatic rings. The average molecular weight is 205 g/mol. The van der Waals surface area contributed by atoms with Gasteiger partial charge < -0.3 is 15.1 Å². The van der Waals surface area contributed by atoms with E-state index < -0.39 is 0 Å². The lowest BCUT2D eigenvalue weighted by Crippen LogP contribution is -2.28. The van der Waals surface area contributed by atoms with Crippen molar-refractivity contribution < 1.29 is 9.76 Å². The largest absolute Gasteiger partial charge is 0.424 e. The van der Waals surface area contributed by atoms with E-state index in [0.717, 1.165) is 12.1 Å². The Labute approximate surface area is 90.6 Å². The van der Waals surface area contributed by atoms with E-state index in [-0.39, 0.29) is 19.8 Å². The number of nitrogens with one attached hydrogen (secondary N) is 1. The molecule has 3 nitrogen and oxygen atoms in total. The molecule has 2 rings (SSSR count). The maximum absolute atomic E-state index is 8.91. The van der Waals surface area contributed by atoms with E-state index in [1.54, 1.807) is 0 Å². The van der Waals surface area contributed by atoms with Crippen molar-refractivity contribution >= 4 is 18.1 Å². The highest BCUT2D eigenvalue weighted by molar-refractivity contribution is 6.69. The number of benzene rings is 1. The quantitative estimate of drug-likeness (QED) is 0.578. The summed E-state index contributed by atoms with van der Waals surface area (Å²) in [5, 5.41) is 11.9. The maximum atomic E-state index is 8.91. The van der Waals surface area contributed by atoms with E-state index in [4.69, 9.17) is 9.76 Å². The summed E-state index contributed by atoms with van der Waals surface area (Å²) in [5.74, 6) is 0. The van der Waals surface area contributed by atoms with Gasteiger partial charge in [0.15, 0.2) is 0 Å². The van der Waals surface area contributed by atoms with Crippen molar-refractivity contribution in [1.29, 1.82) is 0 Å². The van der Waals surface area contributed by atoms with Gasteiger partial charge in [-0.1, -0.05) is 25.9 Å². The molecule has 0 aliphatic carbocycles. The van der Waals surface area contributed by atoms with Crippen molar-refractivity contribution in [3.05, 3.63) is 23.8 Å². The summed E-state index contributed by atoms with van der Waals surface area (Å²) >= 11 is 0. The molecule has 0 saturated heterocycles. The van der Waals surface area contributed by atoms with Crippen LogP contribution in [0.2, 0.25) is 6.82 Å². The number of rotatable bonds is 3. The second-order valence-electron chi connectivity index (χ2n) is 3.82. The SMILES string of the molecule is CC[C@H]1OB(C)c2c(NCO)cccc21. The minimum absolute atomic E-state index is 0.0417. The van der Waals surface area contributed by atoms with Crippen LogP contribution in [0.1, 0.15) is 25.0 Å². The van der Waals surface area contributed by atoms with Crippen LogP contribution < -0.4 is 10.8 Å². The zero-order valence-corrected chi connectivity index (χ0v) is 9.16. The van der Waals surface area contributed by atoms with Gasteiger partial charge in [-0.05, 0) is 23.5 Å². The molecule has 0 aromatic heterocycles. The Morgan fingerprint density at radius 3 is 3.00 bits per heavy atom. The van der Waals surface area contributed by atoms with Crippen molar-refractivity contribution in [2.45, 2.75) is 26.3 Å². The molecular weight excluding hydrogens is 189 g/mol. The Kier molecular flexibility index (Phi) is 2.98. The highest BCUT2D eigenvalue weighted by Gasteiger charge is 2.32. The maximum Gasteiger partial charge on any atom is 0.326 e. The van der Waals surface area contributed by atoms with Gasteiger partial charge in [-0.25, -0.2) is 0 Å². The van der Waals surface area contributed by atoms with Crippen LogP contribution in [0.25, 0.3) is 0 Å². The lowest BCUT2D eigenvalue weighted by molar-refractivity contribution is 0.221. The summed E-state index contributed by atoms with van der Waals surface area (Å²) in [6.07, 6.45) is 1.19. The number of aliphatic hydroxyl groups is 1. The zero-order chi connectivity index (χ0) is 10.8. The average Bonchev–Trinajstić information content (AvgIpc) is 2.57. The van der Waals surface area contributed by atoms with Crippen LogP contribution in [0.3, 0.4) is 0 Å². The van der Waals surface area contributed by atoms with Crippen LogP contribution in [0.5, 0.6) is 0 Å². The molecule has 0 bridgehead atoms. The summed E-state index contributed by atoms with van der Waals surface area (Å²) in [5.41, 5.74) is 3.43. The number of anilines is 1. The number of aliphatic hydroxyl groups excluding tert-OH is 1. The third-order valence-electron chi connectivity index (χ3n) is 2.90. The molecule has 1 aromatic carbocycles. The van der Waals surface area contributed by atoms with Crippen molar-refractivity contribution in [2.24, 2.45) is 0 Å². The fraction of sp³-hybridized carbons (Fsp3) is 0.455. The second kappa shape index (κ2) is 4.25. The predicted octanol–water partition coefficient (Wildman–Crippen LogP) is 1.36. The molecule has 0 amide bonds. The number of fused-ring (bicyclic) bond motifs is 1. The highest BCUT2D eigenvalue weighted by Crippen LogP contribution is 2.29. The van der Waals surface area contributed by atoms with Crippen LogP contribution in [0.15, 0.2) is 18.2 Å². The van der Waals surface area contributed by atoms with Crippen molar-refractivity contribution in [2.75, 3.05) is 12.0 Å². The first kappa shape index (κ1) is 10.5. The van der Waals surface area contributed by atoms with Crippen LogP contribution >= 0.6 is 0 Å². The summed E-state index contributed by atoms with van der Waals surface area (Å²) in [6, 6.07) is 6.09. The molecule has 0 fully saturated rings. The predicted molar refractivity (Wildman–Crippen MR) is 62.5 cm³/mol. The van der Waals surface area contributed by atoms with Gasteiger partial charge in [0.05, 0.1) is 6.10 Å². The number of hydrogen-bond donors (Lipinski definition) is 2. The molecule has 1 heterocycles. The fourth-order valence-corrected chi connectivity index (χ4v) is 2.26. The minimum Gasteiger partial charge on any atom is -0.424 e. The van der Waals surface area contributed by atoms with Gasteiger partial charge in [-0.15, -0.1) is 0 Å². The summed E-state index contributed by atoms with van der Waals surface area (Å²) < 4.78 is 5.85. The molecule has 2 N–H and O–H groups in total. The van der Waals surface area contributed by atoms with Gasteiger partial charge in [-0.2, -0.15) is 0 Å². The Balaban J connectivity index is 2.42. The first-order chi connectivity index (χ1) is 7.27. The van der Waals surface area contributed by atoms with Crippen molar-refractivity contribution in [1.82, 2.24) is 0 Å². The Bertz CT molecular complexity index is 356. The second-order valence-corrected chi connectivity index (χ2v) is 3.82. The van der Waals surface area contributed by atoms with Gasteiger partial charge in [0.25, 0.3) is 0 Å². The molecule has 1 atom stereocenters. The Hall–Kier alpha value is -0.995. The normalized spacial score (nSPS) is 19.1. The summed E-state index contributed by atoms with van der Waals surface area (Å²) in [6.45, 7) is 4.25. The van der Waals surface area contributed by atoms with Gasteiger partial charge in [-0.3, -0.25) is 0 Å². The topological polar surface area (TPSA) is 41.5 Å². The fourth-order valence-electron chi connectivity index (χ4n) is 2.26. The first-order valence-corrected chi connectivity index (χ1v) is 5.41. The third-order valence-corrected chi connectivity index (χ3v) is 2.90. The molecule has 0 unspecified atom stereocenters. The van der Waals surface area contributed by atoms with E-state index in [1.165, 1.54) is 11.0 Å². The summed E-state index contributed by atoms with van der Waals surface area (Å²) in [7, 11) is 0. The molecule has 1 aliphatic rings. The summed E-state index contributed by atoms with van der Waals surface area (Å²) in [4.78, 5) is 0. The molecule has 4 heteroatoms. The number of hydrogen-bond acceptors (Lipinski definition) is 3. The molecule has 1 aliphatic heterocycles. The molecule has 80 valence electrons. The van der Waals surface area contributed by atoms with Crippen LogP contribution in [-0.2, 0) is 4.65 Å². The zero-order valence-electron chi connectivity index (χ0n) is 9.16. The molecular formula is C11H16BNO2. The third kappa shape index (κ3) is 1.75. The molecule has 0 spiro atoms. The lowest BCUT2D eigenvalue weighted by Gasteiger charge is -2.10. The van der Waals surface area contributed by atoms with E-state index in [0.29, 0.717) is 0 Å². The molecule has 0 saturated carbocycles. The Morgan fingerprint density at radius 1 is 1.53 bits per heavy atom. The smallest absolute Gasteiger partial charge is 0.326 e. The molecule has 15 heavy (non-hydrogen) atoms. The lowest BCUT2D eigenvalue weighted by atomic mass is 9.63. The van der Waals surface area contributed by atoms with Gasteiger partial charge >= 0.3 is 6.92 Å². The standard InChI is InChI=1S/C11H16BNO2/c1-3-10-8-5-4-6-9(13-7-14)11(8)12(2)15-10/h4-6,10,13-14H,3,7H2,1-2H3/t10-/m1/s1. The van der Waals surface area contributed by atoms with Crippen LogP contribution in [0.4, 0.5) is 5.69 Å². The van der Waals surface area contributed by atoms with Gasteiger partial charge in [0.1, 0.15) is 6.73 Å². The van der Waals surface area contributed by atoms with Crippen LogP contribution in [0, 0.1) is 0 Å². The van der Waals surface area contributed by atoms with Crippen molar-refractivity contribution in [3.8, 4) is 0 Å². The Morgan fingerprint density at radius 2 is 2.33 bits per heavy atom. The van der Waals surface area contributed by atoms with E-state index >= 15 is 0 Å².